The Balaban J connectivity index is 1.98. The Bertz CT molecular complexity index is 615. The predicted molar refractivity (Wildman–Crippen MR) is 67.5 cm³/mol. The quantitative estimate of drug-likeness (QED) is 0.776. The highest BCUT2D eigenvalue weighted by Crippen LogP contribution is 2.39. The molecule has 3 rings (SSSR count). The van der Waals surface area contributed by atoms with Crippen LogP contribution in [0.2, 0.25) is 5.02 Å². The first kappa shape index (κ1) is 11.5. The Kier molecular flexibility index (Phi) is 2.73. The van der Waals surface area contributed by atoms with Crippen molar-refractivity contribution in [3.63, 3.8) is 0 Å². The van der Waals surface area contributed by atoms with Gasteiger partial charge >= 0.3 is 0 Å². The molecule has 1 atom stereocenters. The zero-order valence-electron chi connectivity index (χ0n) is 8.98. The third-order valence-corrected chi connectivity index (χ3v) is 3.95. The van der Waals surface area contributed by atoms with Crippen molar-refractivity contribution in [1.82, 2.24) is 15.2 Å². The summed E-state index contributed by atoms with van der Waals surface area (Å²) in [7, 11) is 0. The molecule has 4 N–H and O–H groups in total. The Morgan fingerprint density at radius 1 is 1.44 bits per heavy atom. The number of hydrogen-bond donors (Lipinski definition) is 3. The van der Waals surface area contributed by atoms with Crippen LogP contribution in [-0.2, 0) is 4.79 Å². The van der Waals surface area contributed by atoms with Gasteiger partial charge in [-0.15, -0.1) is 0 Å². The minimum Gasteiger partial charge on any atom is -0.324 e. The average molecular weight is 282 g/mol. The van der Waals surface area contributed by atoms with Crippen LogP contribution < -0.4 is 11.1 Å². The zero-order valence-corrected chi connectivity index (χ0v) is 10.5. The van der Waals surface area contributed by atoms with E-state index in [0.29, 0.717) is 21.4 Å². The summed E-state index contributed by atoms with van der Waals surface area (Å²) in [5.74, 6) is -0.220. The molecule has 1 amide bonds. The van der Waals surface area contributed by atoms with Crippen LogP contribution in [0.3, 0.4) is 0 Å². The number of nitrogens with one attached hydrogen (secondary N) is 2. The summed E-state index contributed by atoms with van der Waals surface area (Å²) in [6.45, 7) is 0. The molecule has 92 valence electrons. The molecule has 0 spiro atoms. The number of carbonyl (C=O) groups excluding carboxylic acids is 1. The van der Waals surface area contributed by atoms with Crippen LogP contribution in [0.25, 0.3) is 0 Å². The van der Waals surface area contributed by atoms with Crippen molar-refractivity contribution in [2.45, 2.75) is 16.1 Å². The highest BCUT2D eigenvalue weighted by Gasteiger charge is 2.28. The number of aromatic nitrogens is 3. The monoisotopic (exact) mass is 281 g/mol. The standard InChI is InChI=1S/C10H8ClN5OS/c11-5-1-4-6(15-9(17)8(4)12)2-7(5)18-10-13-3-14-16-10/h1-3,8H,12H2,(H,15,17)(H,13,14,16). The van der Waals surface area contributed by atoms with E-state index in [1.165, 1.54) is 18.1 Å². The maximum absolute atomic E-state index is 11.5. The van der Waals surface area contributed by atoms with Crippen LogP contribution in [0.15, 0.2) is 28.5 Å². The van der Waals surface area contributed by atoms with E-state index in [0.717, 1.165) is 4.90 Å². The Morgan fingerprint density at radius 2 is 2.28 bits per heavy atom. The Morgan fingerprint density at radius 3 is 3.00 bits per heavy atom. The summed E-state index contributed by atoms with van der Waals surface area (Å²) in [6.07, 6.45) is 1.42. The number of anilines is 1. The van der Waals surface area contributed by atoms with Crippen LogP contribution in [0.5, 0.6) is 0 Å². The third kappa shape index (κ3) is 1.86. The minimum atomic E-state index is -0.651. The molecule has 1 aliphatic heterocycles. The van der Waals surface area contributed by atoms with E-state index in [1.807, 2.05) is 0 Å². The number of hydrogen-bond acceptors (Lipinski definition) is 5. The molecule has 1 aromatic carbocycles. The van der Waals surface area contributed by atoms with E-state index in [1.54, 1.807) is 12.1 Å². The largest absolute Gasteiger partial charge is 0.324 e. The number of nitrogens with two attached hydrogens (primary N) is 1. The van der Waals surface area contributed by atoms with Gasteiger partial charge in [0.2, 0.25) is 5.91 Å². The first-order chi connectivity index (χ1) is 8.65. The number of aromatic amines is 1. The van der Waals surface area contributed by atoms with Crippen molar-refractivity contribution in [2.75, 3.05) is 5.32 Å². The van der Waals surface area contributed by atoms with E-state index >= 15 is 0 Å². The molecule has 1 aliphatic rings. The molecule has 1 unspecified atom stereocenters. The molecular weight excluding hydrogens is 274 g/mol. The Labute approximate surface area is 111 Å². The maximum atomic E-state index is 11.5. The highest BCUT2D eigenvalue weighted by atomic mass is 35.5. The number of amides is 1. The van der Waals surface area contributed by atoms with Crippen molar-refractivity contribution in [1.29, 1.82) is 0 Å². The fourth-order valence-corrected chi connectivity index (χ4v) is 2.74. The summed E-state index contributed by atoms with van der Waals surface area (Å²) in [4.78, 5) is 16.2. The van der Waals surface area contributed by atoms with Crippen molar-refractivity contribution >= 4 is 35.0 Å². The number of carbonyl (C=O) groups is 1. The van der Waals surface area contributed by atoms with Gasteiger partial charge in [0.05, 0.1) is 5.02 Å². The third-order valence-electron chi connectivity index (χ3n) is 2.58. The van der Waals surface area contributed by atoms with Gasteiger partial charge in [-0.2, -0.15) is 5.10 Å². The second kappa shape index (κ2) is 4.27. The van der Waals surface area contributed by atoms with Gasteiger partial charge in [0.1, 0.15) is 12.4 Å². The van der Waals surface area contributed by atoms with Crippen molar-refractivity contribution < 1.29 is 4.79 Å². The second-order valence-corrected chi connectivity index (χ2v) is 5.17. The van der Waals surface area contributed by atoms with Gasteiger partial charge in [-0.3, -0.25) is 9.89 Å². The van der Waals surface area contributed by atoms with E-state index in [9.17, 15) is 4.79 Å². The molecule has 6 nitrogen and oxygen atoms in total. The topological polar surface area (TPSA) is 96.7 Å². The van der Waals surface area contributed by atoms with Gasteiger partial charge in [-0.1, -0.05) is 11.6 Å². The first-order valence-corrected chi connectivity index (χ1v) is 6.27. The number of benzene rings is 1. The van der Waals surface area contributed by atoms with Gasteiger partial charge in [0.15, 0.2) is 5.16 Å². The van der Waals surface area contributed by atoms with E-state index < -0.39 is 6.04 Å². The lowest BCUT2D eigenvalue weighted by atomic mass is 10.1. The van der Waals surface area contributed by atoms with E-state index in [-0.39, 0.29) is 5.91 Å². The summed E-state index contributed by atoms with van der Waals surface area (Å²) in [5, 5.41) is 10.4. The number of rotatable bonds is 2. The van der Waals surface area contributed by atoms with Gasteiger partial charge < -0.3 is 11.1 Å². The molecule has 18 heavy (non-hydrogen) atoms. The van der Waals surface area contributed by atoms with Gasteiger partial charge in [-0.05, 0) is 23.9 Å². The second-order valence-electron chi connectivity index (χ2n) is 3.73. The Hall–Kier alpha value is -1.57. The van der Waals surface area contributed by atoms with E-state index in [2.05, 4.69) is 20.5 Å². The average Bonchev–Trinajstić information content (AvgIpc) is 2.92. The van der Waals surface area contributed by atoms with Crippen LogP contribution in [-0.4, -0.2) is 21.1 Å². The highest BCUT2D eigenvalue weighted by molar-refractivity contribution is 7.99. The molecule has 8 heteroatoms. The lowest BCUT2D eigenvalue weighted by Gasteiger charge is -2.06. The minimum absolute atomic E-state index is 0.220. The fourth-order valence-electron chi connectivity index (χ4n) is 1.71. The van der Waals surface area contributed by atoms with Gasteiger partial charge in [0, 0.05) is 16.1 Å². The number of fused-ring (bicyclic) bond motifs is 1. The molecule has 0 radical (unpaired) electrons. The molecule has 0 aliphatic carbocycles. The summed E-state index contributed by atoms with van der Waals surface area (Å²) < 4.78 is 0. The number of nitrogens with zero attached hydrogens (tertiary/aromatic N) is 2. The van der Waals surface area contributed by atoms with Crippen LogP contribution in [0.1, 0.15) is 11.6 Å². The number of H-pyrrole nitrogens is 1. The van der Waals surface area contributed by atoms with Crippen molar-refractivity contribution in [3.8, 4) is 0 Å². The SMILES string of the molecule is NC1C(=O)Nc2cc(Sc3ncn[nH]3)c(Cl)cc21. The molecule has 2 heterocycles. The molecule has 0 bridgehead atoms. The van der Waals surface area contributed by atoms with Crippen LogP contribution in [0, 0.1) is 0 Å². The fraction of sp³-hybridized carbons (Fsp3) is 0.100. The van der Waals surface area contributed by atoms with Crippen LogP contribution >= 0.6 is 23.4 Å². The normalized spacial score (nSPS) is 17.7. The summed E-state index contributed by atoms with van der Waals surface area (Å²) in [6, 6.07) is 2.84. The molecule has 2 aromatic rings. The lowest BCUT2D eigenvalue weighted by molar-refractivity contribution is -0.116. The lowest BCUT2D eigenvalue weighted by Crippen LogP contribution is -2.19. The van der Waals surface area contributed by atoms with Gasteiger partial charge in [-0.25, -0.2) is 4.98 Å². The molecule has 1 aromatic heterocycles. The maximum Gasteiger partial charge on any atom is 0.245 e. The van der Waals surface area contributed by atoms with Crippen molar-refractivity contribution in [2.24, 2.45) is 5.73 Å². The molecule has 0 saturated carbocycles. The van der Waals surface area contributed by atoms with Crippen molar-refractivity contribution in [3.05, 3.63) is 29.0 Å². The smallest absolute Gasteiger partial charge is 0.245 e. The van der Waals surface area contributed by atoms with Crippen LogP contribution in [0.4, 0.5) is 5.69 Å². The predicted octanol–water partition coefficient (Wildman–Crippen LogP) is 1.56. The molecular formula is C10H8ClN5OS. The molecule has 0 fully saturated rings. The van der Waals surface area contributed by atoms with Gasteiger partial charge in [0.25, 0.3) is 0 Å². The first-order valence-electron chi connectivity index (χ1n) is 5.08. The number of halogens is 1. The zero-order chi connectivity index (χ0) is 12.7. The van der Waals surface area contributed by atoms with E-state index in [4.69, 9.17) is 17.3 Å². The molecule has 0 saturated heterocycles. The summed E-state index contributed by atoms with van der Waals surface area (Å²) in [5.41, 5.74) is 7.15. The summed E-state index contributed by atoms with van der Waals surface area (Å²) >= 11 is 7.50.